The van der Waals surface area contributed by atoms with Crippen LogP contribution in [0.4, 0.5) is 0 Å². The second-order valence-electron chi connectivity index (χ2n) is 6.74. The fourth-order valence-electron chi connectivity index (χ4n) is 3.36. The number of amides is 1. The molecule has 1 atom stereocenters. The average molecular weight is 381 g/mol. The molecular weight excluding hydrogens is 358 g/mol. The first kappa shape index (κ1) is 18.4. The van der Waals surface area contributed by atoms with Gasteiger partial charge >= 0.3 is 0 Å². The highest BCUT2D eigenvalue weighted by atomic mass is 16.5. The molecule has 1 fully saturated rings. The fourth-order valence-corrected chi connectivity index (χ4v) is 3.36. The molecule has 1 aromatic carbocycles. The SMILES string of the molecule is Cc1ccc([C@@H](CNC(=O)c2cccc(-n3cnnc3)c2)N2CCOCC2)o1. The molecule has 0 aliphatic carbocycles. The minimum absolute atomic E-state index is 0.0254. The van der Waals surface area contributed by atoms with Gasteiger partial charge in [0.1, 0.15) is 24.2 Å². The van der Waals surface area contributed by atoms with Crippen LogP contribution in [0.2, 0.25) is 0 Å². The van der Waals surface area contributed by atoms with E-state index < -0.39 is 0 Å². The van der Waals surface area contributed by atoms with Crippen LogP contribution in [0.25, 0.3) is 5.69 Å². The van der Waals surface area contributed by atoms with E-state index in [0.29, 0.717) is 25.3 Å². The second kappa shape index (κ2) is 8.37. The lowest BCUT2D eigenvalue weighted by Crippen LogP contribution is -2.43. The van der Waals surface area contributed by atoms with E-state index in [4.69, 9.17) is 9.15 Å². The van der Waals surface area contributed by atoms with Gasteiger partial charge in [-0.2, -0.15) is 0 Å². The average Bonchev–Trinajstić information content (AvgIpc) is 3.41. The van der Waals surface area contributed by atoms with Crippen LogP contribution in [0.5, 0.6) is 0 Å². The molecule has 28 heavy (non-hydrogen) atoms. The molecule has 146 valence electrons. The number of morpholine rings is 1. The highest BCUT2D eigenvalue weighted by Gasteiger charge is 2.25. The van der Waals surface area contributed by atoms with Gasteiger partial charge in [-0.1, -0.05) is 6.07 Å². The summed E-state index contributed by atoms with van der Waals surface area (Å²) < 4.78 is 13.1. The molecule has 1 saturated heterocycles. The predicted molar refractivity (Wildman–Crippen MR) is 102 cm³/mol. The number of nitrogens with zero attached hydrogens (tertiary/aromatic N) is 4. The Labute approximate surface area is 163 Å². The number of benzene rings is 1. The number of aromatic nitrogens is 3. The standard InChI is InChI=1S/C20H23N5O3/c1-15-5-6-19(28-15)18(24-7-9-27-10-8-24)12-21-20(26)16-3-2-4-17(11-16)25-13-22-23-14-25/h2-6,11,13-14,18H,7-10,12H2,1H3,(H,21,26)/t18-/m1/s1. The Hall–Kier alpha value is -2.97. The molecule has 3 heterocycles. The number of furan rings is 1. The van der Waals surface area contributed by atoms with Crippen LogP contribution in [0.15, 0.2) is 53.5 Å². The lowest BCUT2D eigenvalue weighted by Gasteiger charge is -2.33. The molecule has 8 nitrogen and oxygen atoms in total. The monoisotopic (exact) mass is 381 g/mol. The summed E-state index contributed by atoms with van der Waals surface area (Å²) in [6, 6.07) is 11.3. The summed E-state index contributed by atoms with van der Waals surface area (Å²) in [6.07, 6.45) is 3.20. The number of hydrogen-bond acceptors (Lipinski definition) is 6. The molecule has 0 bridgehead atoms. The molecule has 0 spiro atoms. The summed E-state index contributed by atoms with van der Waals surface area (Å²) in [7, 11) is 0. The van der Waals surface area contributed by atoms with Gasteiger partial charge in [0.25, 0.3) is 5.91 Å². The summed E-state index contributed by atoms with van der Waals surface area (Å²) in [4.78, 5) is 15.1. The molecule has 1 N–H and O–H groups in total. The number of aryl methyl sites for hydroxylation is 1. The largest absolute Gasteiger partial charge is 0.465 e. The Morgan fingerprint density at radius 1 is 1.18 bits per heavy atom. The summed E-state index contributed by atoms with van der Waals surface area (Å²) in [6.45, 7) is 5.38. The van der Waals surface area contributed by atoms with Crippen molar-refractivity contribution in [3.8, 4) is 5.69 Å². The fraction of sp³-hybridized carbons (Fsp3) is 0.350. The first-order valence-corrected chi connectivity index (χ1v) is 9.32. The summed E-state index contributed by atoms with van der Waals surface area (Å²) in [5.74, 6) is 1.59. The maximum Gasteiger partial charge on any atom is 0.251 e. The van der Waals surface area contributed by atoms with Crippen LogP contribution >= 0.6 is 0 Å². The van der Waals surface area contributed by atoms with Gasteiger partial charge < -0.3 is 14.5 Å². The Morgan fingerprint density at radius 2 is 1.96 bits per heavy atom. The van der Waals surface area contributed by atoms with Crippen LogP contribution in [-0.4, -0.2) is 58.4 Å². The second-order valence-corrected chi connectivity index (χ2v) is 6.74. The Bertz CT molecular complexity index is 916. The normalized spacial score (nSPS) is 16.0. The van der Waals surface area contributed by atoms with E-state index in [0.717, 1.165) is 30.3 Å². The highest BCUT2D eigenvalue weighted by molar-refractivity contribution is 5.94. The van der Waals surface area contributed by atoms with Crippen LogP contribution in [-0.2, 0) is 4.74 Å². The summed E-state index contributed by atoms with van der Waals surface area (Å²) in [5.41, 5.74) is 1.42. The minimum atomic E-state index is -0.128. The minimum Gasteiger partial charge on any atom is -0.465 e. The molecule has 0 radical (unpaired) electrons. The zero-order valence-corrected chi connectivity index (χ0v) is 15.7. The topological polar surface area (TPSA) is 85.4 Å². The first-order valence-electron chi connectivity index (χ1n) is 9.32. The van der Waals surface area contributed by atoms with E-state index in [-0.39, 0.29) is 11.9 Å². The molecule has 3 aromatic rings. The van der Waals surface area contributed by atoms with Gasteiger partial charge in [0.15, 0.2) is 0 Å². The van der Waals surface area contributed by atoms with E-state index >= 15 is 0 Å². The maximum absolute atomic E-state index is 12.8. The lowest BCUT2D eigenvalue weighted by atomic mass is 10.1. The van der Waals surface area contributed by atoms with Gasteiger partial charge in [0, 0.05) is 30.9 Å². The molecular formula is C20H23N5O3. The molecule has 0 saturated carbocycles. The third-order valence-electron chi connectivity index (χ3n) is 4.86. The summed E-state index contributed by atoms with van der Waals surface area (Å²) in [5, 5.41) is 10.7. The van der Waals surface area contributed by atoms with Crippen molar-refractivity contribution in [3.05, 3.63) is 66.1 Å². The van der Waals surface area contributed by atoms with E-state index in [9.17, 15) is 4.79 Å². The molecule has 0 unspecified atom stereocenters. The van der Waals surface area contributed by atoms with Gasteiger partial charge in [-0.25, -0.2) is 0 Å². The third-order valence-corrected chi connectivity index (χ3v) is 4.86. The zero-order valence-electron chi connectivity index (χ0n) is 15.7. The quantitative estimate of drug-likeness (QED) is 0.703. The Balaban J connectivity index is 1.47. The van der Waals surface area contributed by atoms with Gasteiger partial charge in [0.2, 0.25) is 0 Å². The van der Waals surface area contributed by atoms with Crippen molar-refractivity contribution >= 4 is 5.91 Å². The number of carbonyl (C=O) groups is 1. The zero-order chi connectivity index (χ0) is 19.3. The van der Waals surface area contributed by atoms with Crippen molar-refractivity contribution in [1.29, 1.82) is 0 Å². The van der Waals surface area contributed by atoms with Gasteiger partial charge in [-0.05, 0) is 37.3 Å². The maximum atomic E-state index is 12.8. The Kier molecular flexibility index (Phi) is 5.50. The van der Waals surface area contributed by atoms with Crippen molar-refractivity contribution in [2.75, 3.05) is 32.8 Å². The van der Waals surface area contributed by atoms with E-state index in [1.165, 1.54) is 0 Å². The first-order chi connectivity index (χ1) is 13.7. The number of nitrogens with one attached hydrogen (secondary N) is 1. The number of ether oxygens (including phenoxy) is 1. The number of rotatable bonds is 6. The van der Waals surface area contributed by atoms with Crippen molar-refractivity contribution in [2.24, 2.45) is 0 Å². The van der Waals surface area contributed by atoms with E-state index in [2.05, 4.69) is 20.4 Å². The van der Waals surface area contributed by atoms with Crippen LogP contribution in [0.1, 0.15) is 27.9 Å². The molecule has 1 amide bonds. The third kappa shape index (κ3) is 4.13. The van der Waals surface area contributed by atoms with Crippen molar-refractivity contribution in [2.45, 2.75) is 13.0 Å². The molecule has 8 heteroatoms. The number of carbonyl (C=O) groups excluding carboxylic acids is 1. The van der Waals surface area contributed by atoms with Crippen molar-refractivity contribution in [1.82, 2.24) is 25.0 Å². The lowest BCUT2D eigenvalue weighted by molar-refractivity contribution is 0.0117. The van der Waals surface area contributed by atoms with Gasteiger partial charge in [0.05, 0.1) is 19.3 Å². The van der Waals surface area contributed by atoms with Crippen LogP contribution in [0, 0.1) is 6.92 Å². The molecule has 4 rings (SSSR count). The van der Waals surface area contributed by atoms with Crippen molar-refractivity contribution < 1.29 is 13.9 Å². The molecule has 1 aliphatic rings. The van der Waals surface area contributed by atoms with Gasteiger partial charge in [-0.15, -0.1) is 10.2 Å². The number of hydrogen-bond donors (Lipinski definition) is 1. The smallest absolute Gasteiger partial charge is 0.251 e. The highest BCUT2D eigenvalue weighted by Crippen LogP contribution is 2.23. The van der Waals surface area contributed by atoms with E-state index in [1.54, 1.807) is 23.3 Å². The van der Waals surface area contributed by atoms with Crippen LogP contribution in [0.3, 0.4) is 0 Å². The summed E-state index contributed by atoms with van der Waals surface area (Å²) >= 11 is 0. The predicted octanol–water partition coefficient (Wildman–Crippen LogP) is 1.97. The van der Waals surface area contributed by atoms with E-state index in [1.807, 2.05) is 37.3 Å². The molecule has 2 aromatic heterocycles. The molecule has 1 aliphatic heterocycles. The van der Waals surface area contributed by atoms with Crippen molar-refractivity contribution in [3.63, 3.8) is 0 Å². The Morgan fingerprint density at radius 3 is 2.68 bits per heavy atom. The van der Waals surface area contributed by atoms with Gasteiger partial charge in [-0.3, -0.25) is 14.3 Å². The van der Waals surface area contributed by atoms with Crippen LogP contribution < -0.4 is 5.32 Å².